The summed E-state index contributed by atoms with van der Waals surface area (Å²) in [7, 11) is 0. The Morgan fingerprint density at radius 2 is 1.96 bits per heavy atom. The molecule has 1 aliphatic rings. The van der Waals surface area contributed by atoms with Crippen molar-refractivity contribution in [2.24, 2.45) is 0 Å². The predicted molar refractivity (Wildman–Crippen MR) is 106 cm³/mol. The Balaban J connectivity index is 1.33. The molecule has 0 spiro atoms. The molecule has 3 heterocycles. The number of para-hydroxylation sites is 1. The number of aromatic amines is 1. The number of nitrogens with zero attached hydrogens (tertiary/aromatic N) is 4. The van der Waals surface area contributed by atoms with E-state index in [-0.39, 0.29) is 0 Å². The van der Waals surface area contributed by atoms with Crippen molar-refractivity contribution in [3.05, 3.63) is 72.1 Å². The van der Waals surface area contributed by atoms with E-state index in [0.717, 1.165) is 40.4 Å². The summed E-state index contributed by atoms with van der Waals surface area (Å²) in [6, 6.07) is 18.2. The topological polar surface area (TPSA) is 88.6 Å². The standard InChI is InChI=1S/C21H18N6O/c1-2-5-14(6-3-1)18-11-16(25-26-18)12-22-21-24-19(13-23-27-21)17-8-4-7-15-9-10-28-20(15)17/h1-8,11,13H,9-10,12H2,(H,25,26)(H,22,24,27). The van der Waals surface area contributed by atoms with Gasteiger partial charge < -0.3 is 10.1 Å². The predicted octanol–water partition coefficient (Wildman–Crippen LogP) is 3.48. The van der Waals surface area contributed by atoms with E-state index in [0.29, 0.717) is 19.1 Å². The number of nitrogens with one attached hydrogen (secondary N) is 2. The van der Waals surface area contributed by atoms with Crippen molar-refractivity contribution in [3.8, 4) is 28.3 Å². The summed E-state index contributed by atoms with van der Waals surface area (Å²) in [6.07, 6.45) is 2.59. The molecular formula is C21H18N6O. The van der Waals surface area contributed by atoms with Gasteiger partial charge in [0.1, 0.15) is 5.75 Å². The third-order valence-corrected chi connectivity index (χ3v) is 4.69. The van der Waals surface area contributed by atoms with Crippen molar-refractivity contribution in [1.82, 2.24) is 25.4 Å². The van der Waals surface area contributed by atoms with E-state index in [2.05, 4.69) is 36.8 Å². The molecular weight excluding hydrogens is 352 g/mol. The fourth-order valence-corrected chi connectivity index (χ4v) is 3.31. The molecule has 0 fully saturated rings. The minimum absolute atomic E-state index is 0.462. The molecule has 1 aliphatic heterocycles. The van der Waals surface area contributed by atoms with Gasteiger partial charge in [-0.15, -0.1) is 5.10 Å². The van der Waals surface area contributed by atoms with Crippen molar-refractivity contribution in [3.63, 3.8) is 0 Å². The van der Waals surface area contributed by atoms with Crippen molar-refractivity contribution in [2.45, 2.75) is 13.0 Å². The van der Waals surface area contributed by atoms with Crippen LogP contribution < -0.4 is 10.1 Å². The summed E-state index contributed by atoms with van der Waals surface area (Å²) in [4.78, 5) is 4.60. The molecule has 0 bridgehead atoms. The Morgan fingerprint density at radius 1 is 1.04 bits per heavy atom. The Kier molecular flexibility index (Phi) is 4.17. The monoisotopic (exact) mass is 370 g/mol. The first-order chi connectivity index (χ1) is 13.9. The number of anilines is 1. The van der Waals surface area contributed by atoms with Gasteiger partial charge in [-0.2, -0.15) is 10.2 Å². The quantitative estimate of drug-likeness (QED) is 0.559. The molecule has 2 aromatic heterocycles. The zero-order valence-electron chi connectivity index (χ0n) is 15.1. The molecule has 0 aliphatic carbocycles. The first-order valence-corrected chi connectivity index (χ1v) is 9.15. The highest BCUT2D eigenvalue weighted by atomic mass is 16.5. The van der Waals surface area contributed by atoms with Crippen LogP contribution in [0.15, 0.2) is 60.8 Å². The largest absolute Gasteiger partial charge is 0.492 e. The SMILES string of the molecule is c1ccc(-c2cc(CNc3nncc(-c4cccc5c4OCC5)n3)[nH]n2)cc1. The number of fused-ring (bicyclic) bond motifs is 1. The van der Waals surface area contributed by atoms with E-state index in [1.54, 1.807) is 6.20 Å². The molecule has 7 nitrogen and oxygen atoms in total. The first kappa shape index (κ1) is 16.4. The van der Waals surface area contributed by atoms with Gasteiger partial charge >= 0.3 is 0 Å². The second kappa shape index (κ2) is 7.11. The molecule has 28 heavy (non-hydrogen) atoms. The molecule has 0 saturated carbocycles. The molecule has 7 heteroatoms. The Hall–Kier alpha value is -3.74. The molecule has 138 valence electrons. The highest BCUT2D eigenvalue weighted by Crippen LogP contribution is 2.35. The number of ether oxygens (including phenoxy) is 1. The van der Waals surface area contributed by atoms with Gasteiger partial charge in [-0.05, 0) is 17.7 Å². The van der Waals surface area contributed by atoms with E-state index in [1.807, 2.05) is 48.5 Å². The lowest BCUT2D eigenvalue weighted by Crippen LogP contribution is -2.05. The third-order valence-electron chi connectivity index (χ3n) is 4.69. The van der Waals surface area contributed by atoms with Crippen LogP contribution in [0.4, 0.5) is 5.95 Å². The molecule has 0 amide bonds. The van der Waals surface area contributed by atoms with E-state index >= 15 is 0 Å². The van der Waals surface area contributed by atoms with Gasteiger partial charge in [-0.1, -0.05) is 42.5 Å². The van der Waals surface area contributed by atoms with Crippen LogP contribution in [0.5, 0.6) is 5.75 Å². The third kappa shape index (κ3) is 3.18. The van der Waals surface area contributed by atoms with Gasteiger partial charge in [0, 0.05) is 17.5 Å². The second-order valence-electron chi connectivity index (χ2n) is 6.56. The van der Waals surface area contributed by atoms with E-state index in [9.17, 15) is 0 Å². The van der Waals surface area contributed by atoms with Gasteiger partial charge in [-0.25, -0.2) is 4.98 Å². The fraction of sp³-hybridized carbons (Fsp3) is 0.143. The summed E-state index contributed by atoms with van der Waals surface area (Å²) in [5, 5.41) is 18.8. The first-order valence-electron chi connectivity index (χ1n) is 9.15. The maximum atomic E-state index is 5.78. The molecule has 2 aromatic carbocycles. The van der Waals surface area contributed by atoms with Crippen LogP contribution in [-0.2, 0) is 13.0 Å². The van der Waals surface area contributed by atoms with Gasteiger partial charge in [0.05, 0.1) is 36.4 Å². The van der Waals surface area contributed by atoms with Gasteiger partial charge in [0.2, 0.25) is 5.95 Å². The molecule has 4 aromatic rings. The smallest absolute Gasteiger partial charge is 0.243 e. The summed E-state index contributed by atoms with van der Waals surface area (Å²) >= 11 is 0. The number of benzene rings is 2. The molecule has 0 atom stereocenters. The van der Waals surface area contributed by atoms with E-state index in [1.165, 1.54) is 5.56 Å². The number of hydrogen-bond donors (Lipinski definition) is 2. The summed E-state index contributed by atoms with van der Waals surface area (Å²) in [6.45, 7) is 1.23. The van der Waals surface area contributed by atoms with Crippen molar-refractivity contribution >= 4 is 5.95 Å². The summed E-state index contributed by atoms with van der Waals surface area (Å²) in [5.74, 6) is 1.36. The number of rotatable bonds is 5. The van der Waals surface area contributed by atoms with Crippen LogP contribution in [0, 0.1) is 0 Å². The fourth-order valence-electron chi connectivity index (χ4n) is 3.31. The Morgan fingerprint density at radius 3 is 2.89 bits per heavy atom. The number of hydrogen-bond acceptors (Lipinski definition) is 6. The lowest BCUT2D eigenvalue weighted by atomic mass is 10.1. The highest BCUT2D eigenvalue weighted by molar-refractivity contribution is 5.70. The maximum absolute atomic E-state index is 5.78. The minimum atomic E-state index is 0.462. The molecule has 5 rings (SSSR count). The maximum Gasteiger partial charge on any atom is 0.243 e. The second-order valence-corrected chi connectivity index (χ2v) is 6.56. The van der Waals surface area contributed by atoms with Crippen LogP contribution in [0.2, 0.25) is 0 Å². The van der Waals surface area contributed by atoms with Crippen LogP contribution in [0.1, 0.15) is 11.3 Å². The zero-order valence-corrected chi connectivity index (χ0v) is 15.1. The zero-order chi connectivity index (χ0) is 18.8. The van der Waals surface area contributed by atoms with Crippen LogP contribution in [-0.4, -0.2) is 32.0 Å². The minimum Gasteiger partial charge on any atom is -0.492 e. The number of H-pyrrole nitrogens is 1. The van der Waals surface area contributed by atoms with Gasteiger partial charge in [0.25, 0.3) is 0 Å². The molecule has 0 radical (unpaired) electrons. The van der Waals surface area contributed by atoms with E-state index in [4.69, 9.17) is 4.74 Å². The van der Waals surface area contributed by atoms with Crippen molar-refractivity contribution in [2.75, 3.05) is 11.9 Å². The highest BCUT2D eigenvalue weighted by Gasteiger charge is 2.18. The average Bonchev–Trinajstić information content (AvgIpc) is 3.42. The Labute approximate surface area is 161 Å². The van der Waals surface area contributed by atoms with Crippen LogP contribution in [0.3, 0.4) is 0 Å². The van der Waals surface area contributed by atoms with Crippen LogP contribution >= 0.6 is 0 Å². The lowest BCUT2D eigenvalue weighted by Gasteiger charge is -2.08. The normalized spacial score (nSPS) is 12.4. The molecule has 2 N–H and O–H groups in total. The number of aromatic nitrogens is 5. The van der Waals surface area contributed by atoms with Crippen LogP contribution in [0.25, 0.3) is 22.5 Å². The van der Waals surface area contributed by atoms with Gasteiger partial charge in [0.15, 0.2) is 0 Å². The van der Waals surface area contributed by atoms with Crippen molar-refractivity contribution in [1.29, 1.82) is 0 Å². The summed E-state index contributed by atoms with van der Waals surface area (Å²) in [5.41, 5.74) is 5.81. The lowest BCUT2D eigenvalue weighted by molar-refractivity contribution is 0.358. The Bertz CT molecular complexity index is 1110. The molecule has 0 unspecified atom stereocenters. The van der Waals surface area contributed by atoms with Gasteiger partial charge in [-0.3, -0.25) is 5.10 Å². The van der Waals surface area contributed by atoms with Crippen molar-refractivity contribution < 1.29 is 4.74 Å². The molecule has 0 saturated heterocycles. The van der Waals surface area contributed by atoms with E-state index < -0.39 is 0 Å². The summed E-state index contributed by atoms with van der Waals surface area (Å²) < 4.78 is 5.78. The average molecular weight is 370 g/mol.